The smallest absolute Gasteiger partial charge is 0.0469 e. The van der Waals surface area contributed by atoms with Gasteiger partial charge in [0, 0.05) is 34.0 Å². The van der Waals surface area contributed by atoms with Gasteiger partial charge in [-0.1, -0.05) is 0 Å². The first kappa shape index (κ1) is 11.6. The number of hydrogen-bond donors (Lipinski definition) is 1. The average molecular weight is 290 g/mol. The van der Waals surface area contributed by atoms with E-state index in [2.05, 4.69) is 27.4 Å². The minimum atomic E-state index is 0.291. The van der Waals surface area contributed by atoms with Crippen molar-refractivity contribution < 1.29 is 4.74 Å². The van der Waals surface area contributed by atoms with Crippen LogP contribution in [-0.2, 0) is 11.2 Å². The molecule has 2 nitrogen and oxygen atoms in total. The zero-order chi connectivity index (χ0) is 10.7. The first-order valence-electron chi connectivity index (χ1n) is 5.32. The molecule has 84 valence electrons. The average Bonchev–Trinajstić information content (AvgIpc) is 2.65. The van der Waals surface area contributed by atoms with Gasteiger partial charge in [0.15, 0.2) is 0 Å². The summed E-state index contributed by atoms with van der Waals surface area (Å²) < 4.78 is 6.51. The van der Waals surface area contributed by atoms with Crippen LogP contribution < -0.4 is 5.73 Å². The Kier molecular flexibility index (Phi) is 4.20. The summed E-state index contributed by atoms with van der Waals surface area (Å²) in [6, 6.07) is 2.46. The van der Waals surface area contributed by atoms with Crippen molar-refractivity contribution in [3.63, 3.8) is 0 Å². The van der Waals surface area contributed by atoms with Crippen LogP contribution in [0.4, 0.5) is 0 Å². The summed E-state index contributed by atoms with van der Waals surface area (Å²) in [5.41, 5.74) is 6.23. The van der Waals surface area contributed by atoms with E-state index >= 15 is 0 Å². The normalized spacial score (nSPS) is 20.4. The molecule has 4 heteroatoms. The molecule has 1 fully saturated rings. The van der Waals surface area contributed by atoms with Crippen LogP contribution in [0.15, 0.2) is 15.9 Å². The van der Waals surface area contributed by atoms with Crippen LogP contribution in [0.25, 0.3) is 0 Å². The molecule has 1 aliphatic rings. The molecule has 0 radical (unpaired) electrons. The fraction of sp³-hybridized carbons (Fsp3) is 0.636. The van der Waals surface area contributed by atoms with Crippen molar-refractivity contribution in [2.75, 3.05) is 13.2 Å². The highest BCUT2D eigenvalue weighted by Crippen LogP contribution is 2.24. The third-order valence-corrected chi connectivity index (χ3v) is 4.65. The lowest BCUT2D eigenvalue weighted by Gasteiger charge is -2.27. The van der Waals surface area contributed by atoms with Gasteiger partial charge in [0.05, 0.1) is 0 Å². The quantitative estimate of drug-likeness (QED) is 0.929. The Morgan fingerprint density at radius 3 is 2.87 bits per heavy atom. The molecule has 1 unspecified atom stereocenters. The lowest BCUT2D eigenvalue weighted by molar-refractivity contribution is 0.0585. The van der Waals surface area contributed by atoms with E-state index in [1.807, 2.05) is 0 Å². The monoisotopic (exact) mass is 289 g/mol. The summed E-state index contributed by atoms with van der Waals surface area (Å²) in [5.74, 6) is 0.639. The number of hydrogen-bond acceptors (Lipinski definition) is 3. The lowest BCUT2D eigenvalue weighted by atomic mass is 9.90. The second-order valence-electron chi connectivity index (χ2n) is 4.05. The van der Waals surface area contributed by atoms with Crippen LogP contribution in [-0.4, -0.2) is 19.3 Å². The summed E-state index contributed by atoms with van der Waals surface area (Å²) in [6.07, 6.45) is 3.24. The van der Waals surface area contributed by atoms with Crippen molar-refractivity contribution in [1.29, 1.82) is 0 Å². The first-order valence-corrected chi connectivity index (χ1v) is 6.99. The van der Waals surface area contributed by atoms with Crippen molar-refractivity contribution in [2.24, 2.45) is 11.7 Å². The highest BCUT2D eigenvalue weighted by atomic mass is 79.9. The van der Waals surface area contributed by atoms with Gasteiger partial charge in [-0.25, -0.2) is 0 Å². The van der Waals surface area contributed by atoms with Gasteiger partial charge in [0.1, 0.15) is 0 Å². The number of ether oxygens (including phenoxy) is 1. The Bertz CT molecular complexity index is 309. The van der Waals surface area contributed by atoms with Crippen LogP contribution in [0, 0.1) is 5.92 Å². The fourth-order valence-corrected chi connectivity index (χ4v) is 3.53. The molecule has 2 rings (SSSR count). The molecule has 0 saturated carbocycles. The Hall–Kier alpha value is 0.1000. The summed E-state index contributed by atoms with van der Waals surface area (Å²) in [7, 11) is 0. The van der Waals surface area contributed by atoms with Crippen molar-refractivity contribution in [3.8, 4) is 0 Å². The molecule has 0 aromatic carbocycles. The van der Waals surface area contributed by atoms with Crippen molar-refractivity contribution in [2.45, 2.75) is 25.3 Å². The third kappa shape index (κ3) is 3.28. The maximum atomic E-state index is 6.23. The van der Waals surface area contributed by atoms with Gasteiger partial charge in [-0.15, -0.1) is 11.3 Å². The second kappa shape index (κ2) is 5.43. The number of nitrogens with two attached hydrogens (primary N) is 1. The summed E-state index contributed by atoms with van der Waals surface area (Å²) in [4.78, 5) is 1.38. The second-order valence-corrected chi connectivity index (χ2v) is 5.96. The van der Waals surface area contributed by atoms with Gasteiger partial charge >= 0.3 is 0 Å². The van der Waals surface area contributed by atoms with Crippen molar-refractivity contribution in [3.05, 3.63) is 20.8 Å². The van der Waals surface area contributed by atoms with Crippen LogP contribution in [0.1, 0.15) is 17.7 Å². The largest absolute Gasteiger partial charge is 0.381 e. The van der Waals surface area contributed by atoms with Crippen LogP contribution in [0.2, 0.25) is 0 Å². The lowest BCUT2D eigenvalue weighted by Crippen LogP contribution is -2.35. The third-order valence-electron chi connectivity index (χ3n) is 2.93. The summed E-state index contributed by atoms with van der Waals surface area (Å²) in [6.45, 7) is 1.76. The molecular formula is C11H16BrNOS. The van der Waals surface area contributed by atoms with E-state index in [9.17, 15) is 0 Å². The Balaban J connectivity index is 1.88. The summed E-state index contributed by atoms with van der Waals surface area (Å²) in [5, 5.41) is 2.12. The molecule has 0 aliphatic carbocycles. The van der Waals surface area contributed by atoms with E-state index in [1.54, 1.807) is 11.3 Å². The predicted molar refractivity (Wildman–Crippen MR) is 67.2 cm³/mol. The number of thiophene rings is 1. The maximum absolute atomic E-state index is 6.23. The van der Waals surface area contributed by atoms with Gasteiger partial charge in [-0.3, -0.25) is 0 Å². The fourth-order valence-electron chi connectivity index (χ4n) is 2.00. The van der Waals surface area contributed by atoms with E-state index in [-0.39, 0.29) is 0 Å². The Labute approximate surface area is 103 Å². The SMILES string of the molecule is NC(Cc1cc(Br)cs1)C1CCOCC1. The van der Waals surface area contributed by atoms with Crippen LogP contribution >= 0.6 is 27.3 Å². The first-order chi connectivity index (χ1) is 7.25. The van der Waals surface area contributed by atoms with Gasteiger partial charge in [-0.2, -0.15) is 0 Å². The van der Waals surface area contributed by atoms with E-state index in [4.69, 9.17) is 10.5 Å². The highest BCUT2D eigenvalue weighted by Gasteiger charge is 2.21. The van der Waals surface area contributed by atoms with Gasteiger partial charge in [0.2, 0.25) is 0 Å². The molecule has 0 bridgehead atoms. The van der Waals surface area contributed by atoms with E-state index in [0.29, 0.717) is 12.0 Å². The highest BCUT2D eigenvalue weighted by molar-refractivity contribution is 9.10. The summed E-state index contributed by atoms with van der Waals surface area (Å²) >= 11 is 5.25. The molecule has 2 N–H and O–H groups in total. The zero-order valence-electron chi connectivity index (χ0n) is 8.62. The van der Waals surface area contributed by atoms with Gasteiger partial charge in [-0.05, 0) is 47.2 Å². The molecule has 15 heavy (non-hydrogen) atoms. The molecule has 1 aliphatic heterocycles. The van der Waals surface area contributed by atoms with Crippen molar-refractivity contribution in [1.82, 2.24) is 0 Å². The van der Waals surface area contributed by atoms with Crippen LogP contribution in [0.3, 0.4) is 0 Å². The molecular weight excluding hydrogens is 274 g/mol. The van der Waals surface area contributed by atoms with Crippen LogP contribution in [0.5, 0.6) is 0 Å². The minimum Gasteiger partial charge on any atom is -0.381 e. The standard InChI is InChI=1S/C11H16BrNOS/c12-9-5-10(15-7-9)6-11(13)8-1-3-14-4-2-8/h5,7-8,11H,1-4,6,13H2. The Morgan fingerprint density at radius 1 is 1.53 bits per heavy atom. The topological polar surface area (TPSA) is 35.2 Å². The van der Waals surface area contributed by atoms with Gasteiger partial charge in [0.25, 0.3) is 0 Å². The zero-order valence-corrected chi connectivity index (χ0v) is 11.0. The molecule has 1 saturated heterocycles. The molecule has 0 amide bonds. The Morgan fingerprint density at radius 2 is 2.27 bits per heavy atom. The van der Waals surface area contributed by atoms with E-state index in [1.165, 1.54) is 9.35 Å². The van der Waals surface area contributed by atoms with Crippen molar-refractivity contribution >= 4 is 27.3 Å². The molecule has 0 spiro atoms. The maximum Gasteiger partial charge on any atom is 0.0469 e. The minimum absolute atomic E-state index is 0.291. The van der Waals surface area contributed by atoms with E-state index < -0.39 is 0 Å². The van der Waals surface area contributed by atoms with Gasteiger partial charge < -0.3 is 10.5 Å². The number of halogens is 1. The predicted octanol–water partition coefficient (Wildman–Crippen LogP) is 2.81. The molecule has 1 aromatic heterocycles. The number of rotatable bonds is 3. The molecule has 1 atom stereocenters. The van der Waals surface area contributed by atoms with E-state index in [0.717, 1.165) is 32.5 Å². The molecule has 1 aromatic rings. The molecule has 2 heterocycles.